The minimum Gasteiger partial charge on any atom is -0.507 e. The van der Waals surface area contributed by atoms with Crippen molar-refractivity contribution in [2.75, 3.05) is 25.5 Å². The van der Waals surface area contributed by atoms with Crippen molar-refractivity contribution in [1.82, 2.24) is 14.9 Å². The molecule has 1 aliphatic heterocycles. The van der Waals surface area contributed by atoms with Crippen molar-refractivity contribution in [1.29, 1.82) is 0 Å². The molecule has 1 aromatic carbocycles. The number of aromatic hydroxyl groups is 1. The van der Waals surface area contributed by atoms with E-state index in [4.69, 9.17) is 4.42 Å². The first-order valence-corrected chi connectivity index (χ1v) is 9.03. The van der Waals surface area contributed by atoms with Crippen LogP contribution in [-0.2, 0) is 6.18 Å². The number of nitrogens with zero attached hydrogens (tertiary/aromatic N) is 3. The van der Waals surface area contributed by atoms with Crippen LogP contribution in [0.15, 0.2) is 28.7 Å². The predicted molar refractivity (Wildman–Crippen MR) is 98.0 cm³/mol. The number of rotatable bonds is 3. The van der Waals surface area contributed by atoms with Gasteiger partial charge in [-0.15, -0.1) is 0 Å². The Labute approximate surface area is 163 Å². The van der Waals surface area contributed by atoms with Gasteiger partial charge in [0, 0.05) is 18.7 Å². The van der Waals surface area contributed by atoms with Gasteiger partial charge in [-0.25, -0.2) is 9.37 Å². The maximum Gasteiger partial charge on any atom is 0.417 e. The number of nitrogens with one attached hydrogen (secondary N) is 1. The van der Waals surface area contributed by atoms with Crippen molar-refractivity contribution in [3.05, 3.63) is 35.6 Å². The number of piperidine rings is 1. The molecule has 0 radical (unpaired) electrons. The number of anilines is 1. The van der Waals surface area contributed by atoms with Gasteiger partial charge in [-0.1, -0.05) is 0 Å². The molecule has 1 atom stereocenters. The SMILES string of the molecule is CN1CCC[C@@H](Nc2nc3nc(-c4c(O)cc(F)cc4C(F)(F)F)ccc3o2)C1. The first kappa shape index (κ1) is 19.4. The number of benzene rings is 1. The normalized spacial score (nSPS) is 18.3. The third-order valence-electron chi connectivity index (χ3n) is 4.85. The number of pyridine rings is 1. The first-order chi connectivity index (χ1) is 13.7. The van der Waals surface area contributed by atoms with Crippen molar-refractivity contribution in [2.24, 2.45) is 0 Å². The molecule has 0 spiro atoms. The minimum atomic E-state index is -4.87. The number of hydrogen-bond donors (Lipinski definition) is 2. The summed E-state index contributed by atoms with van der Waals surface area (Å²) in [4.78, 5) is 10.5. The Kier molecular flexibility index (Phi) is 4.81. The maximum absolute atomic E-state index is 13.4. The highest BCUT2D eigenvalue weighted by Gasteiger charge is 2.36. The van der Waals surface area contributed by atoms with Crippen LogP contribution in [0.3, 0.4) is 0 Å². The zero-order valence-electron chi connectivity index (χ0n) is 15.4. The molecule has 4 rings (SSSR count). The van der Waals surface area contributed by atoms with E-state index in [0.717, 1.165) is 25.9 Å². The number of phenolic OH excluding ortho intramolecular Hbond substituents is 1. The van der Waals surface area contributed by atoms with Gasteiger partial charge in [0.2, 0.25) is 5.65 Å². The van der Waals surface area contributed by atoms with E-state index >= 15 is 0 Å². The van der Waals surface area contributed by atoms with Crippen LogP contribution in [0.2, 0.25) is 0 Å². The summed E-state index contributed by atoms with van der Waals surface area (Å²) in [7, 11) is 2.02. The van der Waals surface area contributed by atoms with E-state index < -0.39 is 28.9 Å². The molecule has 1 aliphatic rings. The van der Waals surface area contributed by atoms with E-state index in [2.05, 4.69) is 20.2 Å². The maximum atomic E-state index is 13.4. The van der Waals surface area contributed by atoms with E-state index in [1.165, 1.54) is 12.1 Å². The number of phenols is 1. The molecule has 1 fully saturated rings. The highest BCUT2D eigenvalue weighted by atomic mass is 19.4. The van der Waals surface area contributed by atoms with Gasteiger partial charge in [-0.2, -0.15) is 18.2 Å². The lowest BCUT2D eigenvalue weighted by Gasteiger charge is -2.29. The third kappa shape index (κ3) is 3.98. The molecule has 0 bridgehead atoms. The van der Waals surface area contributed by atoms with E-state index in [1.807, 2.05) is 7.05 Å². The number of aromatic nitrogens is 2. The first-order valence-electron chi connectivity index (χ1n) is 9.03. The average molecular weight is 410 g/mol. The molecule has 29 heavy (non-hydrogen) atoms. The van der Waals surface area contributed by atoms with Gasteiger partial charge in [0.25, 0.3) is 6.01 Å². The molecule has 154 valence electrons. The predicted octanol–water partition coefficient (Wildman–Crippen LogP) is 4.26. The molecule has 2 aromatic heterocycles. The fourth-order valence-electron chi connectivity index (χ4n) is 3.56. The van der Waals surface area contributed by atoms with Crippen molar-refractivity contribution in [3.63, 3.8) is 0 Å². The molecule has 0 saturated carbocycles. The molecule has 10 heteroatoms. The Morgan fingerprint density at radius 3 is 2.76 bits per heavy atom. The Morgan fingerprint density at radius 2 is 2.03 bits per heavy atom. The molecular formula is C19H18F4N4O2. The van der Waals surface area contributed by atoms with Gasteiger partial charge in [-0.3, -0.25) is 0 Å². The fraction of sp³-hybridized carbons (Fsp3) is 0.368. The van der Waals surface area contributed by atoms with Crippen LogP contribution in [-0.4, -0.2) is 46.2 Å². The lowest BCUT2D eigenvalue weighted by Crippen LogP contribution is -2.39. The number of likely N-dealkylation sites (N-methyl/N-ethyl adjacent to an activating group) is 1. The summed E-state index contributed by atoms with van der Waals surface area (Å²) in [5, 5.41) is 13.1. The lowest BCUT2D eigenvalue weighted by molar-refractivity contribution is -0.137. The third-order valence-corrected chi connectivity index (χ3v) is 4.85. The van der Waals surface area contributed by atoms with E-state index in [1.54, 1.807) is 0 Å². The number of oxazole rings is 1. The number of halogens is 4. The Morgan fingerprint density at radius 1 is 1.24 bits per heavy atom. The van der Waals surface area contributed by atoms with E-state index in [9.17, 15) is 22.7 Å². The molecule has 0 unspecified atom stereocenters. The monoisotopic (exact) mass is 410 g/mol. The quantitative estimate of drug-likeness (QED) is 0.629. The van der Waals surface area contributed by atoms with Crippen LogP contribution in [0.5, 0.6) is 5.75 Å². The van der Waals surface area contributed by atoms with Gasteiger partial charge < -0.3 is 19.7 Å². The Balaban J connectivity index is 1.70. The highest BCUT2D eigenvalue weighted by Crippen LogP contribution is 2.42. The minimum absolute atomic E-state index is 0.0889. The zero-order chi connectivity index (χ0) is 20.8. The topological polar surface area (TPSA) is 74.4 Å². The van der Waals surface area contributed by atoms with Gasteiger partial charge in [-0.05, 0) is 44.6 Å². The second kappa shape index (κ2) is 7.18. The number of hydrogen-bond acceptors (Lipinski definition) is 6. The van der Waals surface area contributed by atoms with Crippen molar-refractivity contribution < 1.29 is 27.1 Å². The Bertz CT molecular complexity index is 1050. The van der Waals surface area contributed by atoms with Gasteiger partial charge in [0.05, 0.1) is 16.8 Å². The summed E-state index contributed by atoms with van der Waals surface area (Å²) in [5.74, 6) is -2.04. The van der Waals surface area contributed by atoms with Crippen molar-refractivity contribution in [3.8, 4) is 17.0 Å². The van der Waals surface area contributed by atoms with Crippen LogP contribution >= 0.6 is 0 Å². The van der Waals surface area contributed by atoms with Crippen LogP contribution in [0.1, 0.15) is 18.4 Å². The number of likely N-dealkylation sites (tertiary alicyclic amines) is 1. The van der Waals surface area contributed by atoms with Crippen LogP contribution in [0.4, 0.5) is 23.6 Å². The summed E-state index contributed by atoms with van der Waals surface area (Å²) in [6.45, 7) is 1.83. The number of fused-ring (bicyclic) bond motifs is 1. The summed E-state index contributed by atoms with van der Waals surface area (Å²) in [5.41, 5.74) is -1.72. The number of alkyl halides is 3. The van der Waals surface area contributed by atoms with E-state index in [-0.39, 0.29) is 29.0 Å². The van der Waals surface area contributed by atoms with Crippen LogP contribution < -0.4 is 5.32 Å². The molecule has 3 heterocycles. The van der Waals surface area contributed by atoms with Crippen molar-refractivity contribution >= 4 is 17.2 Å². The molecule has 6 nitrogen and oxygen atoms in total. The molecule has 3 aromatic rings. The summed E-state index contributed by atoms with van der Waals surface area (Å²) >= 11 is 0. The smallest absolute Gasteiger partial charge is 0.417 e. The molecule has 2 N–H and O–H groups in total. The molecule has 0 aliphatic carbocycles. The van der Waals surface area contributed by atoms with Gasteiger partial charge in [0.1, 0.15) is 11.6 Å². The average Bonchev–Trinajstić information content (AvgIpc) is 3.01. The molecule has 1 saturated heterocycles. The van der Waals surface area contributed by atoms with Crippen LogP contribution in [0, 0.1) is 5.82 Å². The summed E-state index contributed by atoms with van der Waals surface area (Å²) < 4.78 is 59.1. The zero-order valence-corrected chi connectivity index (χ0v) is 15.4. The fourth-order valence-corrected chi connectivity index (χ4v) is 3.56. The van der Waals surface area contributed by atoms with E-state index in [0.29, 0.717) is 12.1 Å². The second-order valence-corrected chi connectivity index (χ2v) is 7.13. The standard InChI is InChI=1S/C19H18F4N4O2/c1-27-6-2-3-11(9-27)24-18-26-17-15(29-18)5-4-13(25-17)16-12(19(21,22)23)7-10(20)8-14(16)28/h4-5,7-8,11,28H,2-3,6,9H2,1H3,(H,24,25,26)/t11-/m1/s1. The molecule has 0 amide bonds. The lowest BCUT2D eigenvalue weighted by atomic mass is 10.0. The summed E-state index contributed by atoms with van der Waals surface area (Å²) in [6.07, 6.45) is -2.89. The highest BCUT2D eigenvalue weighted by molar-refractivity contribution is 5.78. The summed E-state index contributed by atoms with van der Waals surface area (Å²) in [6, 6.07) is 4.01. The largest absolute Gasteiger partial charge is 0.507 e. The molecular weight excluding hydrogens is 392 g/mol. The Hall–Kier alpha value is -2.88. The second-order valence-electron chi connectivity index (χ2n) is 7.13. The van der Waals surface area contributed by atoms with Crippen LogP contribution in [0.25, 0.3) is 22.5 Å². The van der Waals surface area contributed by atoms with Crippen molar-refractivity contribution in [2.45, 2.75) is 25.1 Å². The van der Waals surface area contributed by atoms with Gasteiger partial charge >= 0.3 is 6.18 Å². The van der Waals surface area contributed by atoms with Gasteiger partial charge in [0.15, 0.2) is 5.58 Å².